The van der Waals surface area contributed by atoms with E-state index in [0.717, 1.165) is 37.4 Å². The molecule has 1 aliphatic heterocycles. The zero-order valence-electron chi connectivity index (χ0n) is 14.6. The Balaban J connectivity index is 1.90. The lowest BCUT2D eigenvalue weighted by molar-refractivity contribution is -0.132. The number of amides is 1. The number of rotatable bonds is 3. The highest BCUT2D eigenvalue weighted by Crippen LogP contribution is 2.20. The molecule has 1 aromatic heterocycles. The van der Waals surface area contributed by atoms with Crippen molar-refractivity contribution < 1.29 is 4.79 Å². The van der Waals surface area contributed by atoms with Crippen LogP contribution in [-0.4, -0.2) is 52.9 Å². The standard InChI is InChI=1S/C18H29N3O/c1-14(2)20-8-10-21(11-9-20)17(22)12-15-6-7-16(19-13-15)18(3,4)5/h6-7,13-14H,8-12H2,1-5H3. The monoisotopic (exact) mass is 303 g/mol. The number of carbonyl (C=O) groups is 1. The Morgan fingerprint density at radius 1 is 1.18 bits per heavy atom. The minimum atomic E-state index is 0.0513. The van der Waals surface area contributed by atoms with E-state index in [1.807, 2.05) is 23.2 Å². The summed E-state index contributed by atoms with van der Waals surface area (Å²) in [5.74, 6) is 0.216. The van der Waals surface area contributed by atoms with E-state index in [2.05, 4.69) is 44.5 Å². The van der Waals surface area contributed by atoms with E-state index in [9.17, 15) is 4.79 Å². The van der Waals surface area contributed by atoms with Crippen molar-refractivity contribution in [1.29, 1.82) is 0 Å². The van der Waals surface area contributed by atoms with Crippen LogP contribution in [0.25, 0.3) is 0 Å². The molecule has 1 aromatic rings. The van der Waals surface area contributed by atoms with Gasteiger partial charge in [0.25, 0.3) is 0 Å². The molecule has 0 aromatic carbocycles. The van der Waals surface area contributed by atoms with E-state index < -0.39 is 0 Å². The average Bonchev–Trinajstić information content (AvgIpc) is 2.47. The Labute approximate surface area is 134 Å². The molecule has 0 atom stereocenters. The summed E-state index contributed by atoms with van der Waals surface area (Å²) < 4.78 is 0. The van der Waals surface area contributed by atoms with E-state index in [1.165, 1.54) is 0 Å². The summed E-state index contributed by atoms with van der Waals surface area (Å²) in [6.45, 7) is 14.5. The topological polar surface area (TPSA) is 36.4 Å². The molecule has 2 rings (SSSR count). The summed E-state index contributed by atoms with van der Waals surface area (Å²) in [5.41, 5.74) is 2.12. The van der Waals surface area contributed by atoms with Gasteiger partial charge in [-0.05, 0) is 25.5 Å². The maximum Gasteiger partial charge on any atom is 0.227 e. The van der Waals surface area contributed by atoms with Gasteiger partial charge in [-0.25, -0.2) is 0 Å². The first-order chi connectivity index (χ1) is 10.3. The molecule has 0 radical (unpaired) electrons. The van der Waals surface area contributed by atoms with Crippen molar-refractivity contribution in [3.05, 3.63) is 29.6 Å². The summed E-state index contributed by atoms with van der Waals surface area (Å²) in [6, 6.07) is 4.64. The zero-order chi connectivity index (χ0) is 16.3. The molecule has 2 heterocycles. The van der Waals surface area contributed by atoms with Crippen LogP contribution in [-0.2, 0) is 16.6 Å². The summed E-state index contributed by atoms with van der Waals surface area (Å²) in [4.78, 5) is 21.3. The minimum absolute atomic E-state index is 0.0513. The summed E-state index contributed by atoms with van der Waals surface area (Å²) in [5, 5.41) is 0. The smallest absolute Gasteiger partial charge is 0.227 e. The van der Waals surface area contributed by atoms with Crippen LogP contribution in [0.1, 0.15) is 45.9 Å². The van der Waals surface area contributed by atoms with Crippen LogP contribution < -0.4 is 0 Å². The molecule has 1 amide bonds. The fourth-order valence-electron chi connectivity index (χ4n) is 2.75. The highest BCUT2D eigenvalue weighted by Gasteiger charge is 2.22. The predicted molar refractivity (Wildman–Crippen MR) is 89.9 cm³/mol. The Hall–Kier alpha value is -1.42. The first kappa shape index (κ1) is 16.9. The van der Waals surface area contributed by atoms with Gasteiger partial charge < -0.3 is 4.90 Å². The third-order valence-corrected chi connectivity index (χ3v) is 4.35. The predicted octanol–water partition coefficient (Wildman–Crippen LogP) is 2.47. The zero-order valence-corrected chi connectivity index (χ0v) is 14.6. The first-order valence-electron chi connectivity index (χ1n) is 8.24. The van der Waals surface area contributed by atoms with Crippen LogP contribution in [0.15, 0.2) is 18.3 Å². The van der Waals surface area contributed by atoms with E-state index >= 15 is 0 Å². The Bertz CT molecular complexity index is 494. The summed E-state index contributed by atoms with van der Waals surface area (Å²) in [7, 11) is 0. The molecule has 0 aliphatic carbocycles. The summed E-state index contributed by atoms with van der Waals surface area (Å²) in [6.07, 6.45) is 2.31. The van der Waals surface area contributed by atoms with Crippen molar-refractivity contribution >= 4 is 5.91 Å². The quantitative estimate of drug-likeness (QED) is 0.861. The lowest BCUT2D eigenvalue weighted by Crippen LogP contribution is -2.51. The number of carbonyl (C=O) groups excluding carboxylic acids is 1. The Morgan fingerprint density at radius 3 is 2.27 bits per heavy atom. The van der Waals surface area contributed by atoms with Crippen LogP contribution in [0.2, 0.25) is 0 Å². The molecule has 4 nitrogen and oxygen atoms in total. The number of hydrogen-bond donors (Lipinski definition) is 0. The minimum Gasteiger partial charge on any atom is -0.340 e. The normalized spacial score (nSPS) is 17.1. The molecule has 0 N–H and O–H groups in total. The van der Waals surface area contributed by atoms with Crippen molar-refractivity contribution in [1.82, 2.24) is 14.8 Å². The van der Waals surface area contributed by atoms with E-state index in [0.29, 0.717) is 12.5 Å². The SMILES string of the molecule is CC(C)N1CCN(C(=O)Cc2ccc(C(C)(C)C)nc2)CC1. The number of nitrogens with zero attached hydrogens (tertiary/aromatic N) is 3. The van der Waals surface area contributed by atoms with Crippen molar-refractivity contribution in [3.63, 3.8) is 0 Å². The molecule has 0 saturated carbocycles. The molecule has 1 saturated heterocycles. The van der Waals surface area contributed by atoms with E-state index in [1.54, 1.807) is 0 Å². The molecular weight excluding hydrogens is 274 g/mol. The highest BCUT2D eigenvalue weighted by atomic mass is 16.2. The molecule has 0 bridgehead atoms. The van der Waals surface area contributed by atoms with Crippen LogP contribution >= 0.6 is 0 Å². The van der Waals surface area contributed by atoms with Gasteiger partial charge in [0.15, 0.2) is 0 Å². The number of aromatic nitrogens is 1. The van der Waals surface area contributed by atoms with Gasteiger partial charge in [0, 0.05) is 49.5 Å². The molecule has 22 heavy (non-hydrogen) atoms. The van der Waals surface area contributed by atoms with Gasteiger partial charge in [0.2, 0.25) is 5.91 Å². The maximum absolute atomic E-state index is 12.4. The third kappa shape index (κ3) is 4.29. The van der Waals surface area contributed by atoms with E-state index in [4.69, 9.17) is 0 Å². The Kier molecular flexibility index (Phi) is 5.22. The molecule has 4 heteroatoms. The van der Waals surface area contributed by atoms with Crippen molar-refractivity contribution in [2.24, 2.45) is 0 Å². The highest BCUT2D eigenvalue weighted by molar-refractivity contribution is 5.78. The number of hydrogen-bond acceptors (Lipinski definition) is 3. The van der Waals surface area contributed by atoms with Gasteiger partial charge in [-0.3, -0.25) is 14.7 Å². The fraction of sp³-hybridized carbons (Fsp3) is 0.667. The average molecular weight is 303 g/mol. The van der Waals surface area contributed by atoms with Crippen molar-refractivity contribution in [2.45, 2.75) is 52.5 Å². The van der Waals surface area contributed by atoms with Gasteiger partial charge in [0.05, 0.1) is 6.42 Å². The largest absolute Gasteiger partial charge is 0.340 e. The Morgan fingerprint density at radius 2 is 1.82 bits per heavy atom. The molecule has 1 fully saturated rings. The molecule has 0 spiro atoms. The molecular formula is C18H29N3O. The second kappa shape index (κ2) is 6.78. The number of piperazine rings is 1. The third-order valence-electron chi connectivity index (χ3n) is 4.35. The van der Waals surface area contributed by atoms with Crippen LogP contribution in [0.3, 0.4) is 0 Å². The number of pyridine rings is 1. The summed E-state index contributed by atoms with van der Waals surface area (Å²) >= 11 is 0. The van der Waals surface area contributed by atoms with Gasteiger partial charge in [-0.2, -0.15) is 0 Å². The van der Waals surface area contributed by atoms with Crippen molar-refractivity contribution in [3.8, 4) is 0 Å². The van der Waals surface area contributed by atoms with Crippen molar-refractivity contribution in [2.75, 3.05) is 26.2 Å². The first-order valence-corrected chi connectivity index (χ1v) is 8.24. The fourth-order valence-corrected chi connectivity index (χ4v) is 2.75. The lowest BCUT2D eigenvalue weighted by atomic mass is 9.91. The van der Waals surface area contributed by atoms with Crippen LogP contribution in [0, 0.1) is 0 Å². The van der Waals surface area contributed by atoms with E-state index in [-0.39, 0.29) is 11.3 Å². The van der Waals surface area contributed by atoms with Gasteiger partial charge in [-0.1, -0.05) is 26.8 Å². The van der Waals surface area contributed by atoms with Crippen LogP contribution in [0.4, 0.5) is 0 Å². The second-order valence-corrected chi connectivity index (χ2v) is 7.49. The molecule has 1 aliphatic rings. The lowest BCUT2D eigenvalue weighted by Gasteiger charge is -2.37. The second-order valence-electron chi connectivity index (χ2n) is 7.49. The van der Waals surface area contributed by atoms with Crippen LogP contribution in [0.5, 0.6) is 0 Å². The molecule has 0 unspecified atom stereocenters. The van der Waals surface area contributed by atoms with Gasteiger partial charge in [-0.15, -0.1) is 0 Å². The molecule has 122 valence electrons. The maximum atomic E-state index is 12.4. The van der Waals surface area contributed by atoms with Gasteiger partial charge >= 0.3 is 0 Å². The van der Waals surface area contributed by atoms with Gasteiger partial charge in [0.1, 0.15) is 0 Å².